The molecule has 4 aliphatic heterocycles. The van der Waals surface area contributed by atoms with Crippen molar-refractivity contribution in [1.29, 1.82) is 0 Å². The monoisotopic (exact) mass is 384 g/mol. The summed E-state index contributed by atoms with van der Waals surface area (Å²) < 4.78 is 4.55. The number of hydrogen-bond donors (Lipinski definition) is 1. The summed E-state index contributed by atoms with van der Waals surface area (Å²) in [6, 6.07) is 2.79. The molecule has 6 heterocycles. The fourth-order valence-electron chi connectivity index (χ4n) is 4.50. The van der Waals surface area contributed by atoms with Crippen molar-refractivity contribution in [2.24, 2.45) is 5.92 Å². The fraction of sp³-hybridized carbons (Fsp3) is 0.647. The van der Waals surface area contributed by atoms with Crippen molar-refractivity contribution in [1.82, 2.24) is 29.5 Å². The number of fused-ring (bicyclic) bond motifs is 4. The molecular formula is C17H26Cl2N6. The highest BCUT2D eigenvalue weighted by Crippen LogP contribution is 2.37. The summed E-state index contributed by atoms with van der Waals surface area (Å²) in [4.78, 5) is 7.26. The predicted molar refractivity (Wildman–Crippen MR) is 102 cm³/mol. The second-order valence-electron chi connectivity index (χ2n) is 7.14. The molecule has 1 atom stereocenters. The van der Waals surface area contributed by atoms with Gasteiger partial charge in [-0.2, -0.15) is 5.10 Å². The summed E-state index contributed by atoms with van der Waals surface area (Å²) >= 11 is 0. The zero-order valence-electron chi connectivity index (χ0n) is 14.3. The molecule has 0 radical (unpaired) electrons. The van der Waals surface area contributed by atoms with Gasteiger partial charge in [-0.05, 0) is 50.9 Å². The van der Waals surface area contributed by atoms with Crippen LogP contribution in [-0.2, 0) is 13.1 Å². The van der Waals surface area contributed by atoms with Gasteiger partial charge in [-0.15, -0.1) is 24.8 Å². The van der Waals surface area contributed by atoms with Crippen molar-refractivity contribution in [3.63, 3.8) is 0 Å². The van der Waals surface area contributed by atoms with E-state index in [-0.39, 0.29) is 24.8 Å². The van der Waals surface area contributed by atoms with Crippen LogP contribution in [0.4, 0.5) is 0 Å². The molecule has 3 fully saturated rings. The molecule has 1 N–H and O–H groups in total. The molecule has 6 nitrogen and oxygen atoms in total. The molecule has 25 heavy (non-hydrogen) atoms. The highest BCUT2D eigenvalue weighted by molar-refractivity contribution is 5.85. The maximum atomic E-state index is 4.85. The number of halogens is 2. The highest BCUT2D eigenvalue weighted by atomic mass is 35.5. The van der Waals surface area contributed by atoms with Crippen molar-refractivity contribution in [2.45, 2.75) is 38.4 Å². The van der Waals surface area contributed by atoms with Crippen LogP contribution in [0.5, 0.6) is 0 Å². The van der Waals surface area contributed by atoms with Crippen molar-refractivity contribution in [3.05, 3.63) is 24.2 Å². The van der Waals surface area contributed by atoms with E-state index in [1.807, 2.05) is 6.20 Å². The predicted octanol–water partition coefficient (Wildman–Crippen LogP) is 2.35. The molecule has 1 unspecified atom stereocenters. The summed E-state index contributed by atoms with van der Waals surface area (Å²) in [6.07, 6.45) is 7.89. The molecule has 0 aliphatic carbocycles. The first-order valence-electron chi connectivity index (χ1n) is 8.91. The standard InChI is InChI=1S/C17H24N6.2ClH/c1-4-18-11-14-10-15(20-23(14)6-1)17-19-5-9-22(17)16-12-21-7-2-13(16)3-8-21;;/h5,9-10,13,16,18H,1-4,6-8,11-12H2;2*1H. The summed E-state index contributed by atoms with van der Waals surface area (Å²) in [5, 5.41) is 8.32. The first-order valence-corrected chi connectivity index (χ1v) is 8.91. The quantitative estimate of drug-likeness (QED) is 0.863. The van der Waals surface area contributed by atoms with Gasteiger partial charge >= 0.3 is 0 Å². The molecular weight excluding hydrogens is 359 g/mol. The molecule has 2 aromatic heterocycles. The molecule has 2 bridgehead atoms. The van der Waals surface area contributed by atoms with Crippen LogP contribution >= 0.6 is 24.8 Å². The Labute approximate surface area is 160 Å². The maximum Gasteiger partial charge on any atom is 0.160 e. The molecule has 138 valence electrons. The molecule has 4 aliphatic rings. The third-order valence-electron chi connectivity index (χ3n) is 5.77. The van der Waals surface area contributed by atoms with Crippen LogP contribution in [0.2, 0.25) is 0 Å². The van der Waals surface area contributed by atoms with Crippen LogP contribution in [0, 0.1) is 5.92 Å². The van der Waals surface area contributed by atoms with Gasteiger partial charge in [0.1, 0.15) is 5.69 Å². The van der Waals surface area contributed by atoms with Crippen LogP contribution < -0.4 is 5.32 Å². The summed E-state index contributed by atoms with van der Waals surface area (Å²) in [6.45, 7) is 6.71. The maximum absolute atomic E-state index is 4.85. The Morgan fingerprint density at radius 2 is 1.96 bits per heavy atom. The third kappa shape index (κ3) is 3.33. The molecule has 2 aromatic rings. The van der Waals surface area contributed by atoms with Gasteiger partial charge in [-0.3, -0.25) is 4.68 Å². The number of imidazole rings is 1. The average molecular weight is 385 g/mol. The second kappa shape index (κ2) is 7.66. The number of hydrogen-bond acceptors (Lipinski definition) is 4. The van der Waals surface area contributed by atoms with Crippen molar-refractivity contribution in [2.75, 3.05) is 26.2 Å². The Morgan fingerprint density at radius 1 is 1.12 bits per heavy atom. The van der Waals surface area contributed by atoms with Crippen molar-refractivity contribution < 1.29 is 0 Å². The van der Waals surface area contributed by atoms with E-state index in [9.17, 15) is 0 Å². The Bertz CT molecular complexity index is 680. The number of piperidine rings is 3. The van der Waals surface area contributed by atoms with Crippen LogP contribution in [0.15, 0.2) is 18.5 Å². The lowest BCUT2D eigenvalue weighted by atomic mass is 9.84. The van der Waals surface area contributed by atoms with E-state index < -0.39 is 0 Å². The molecule has 0 amide bonds. The zero-order chi connectivity index (χ0) is 15.2. The lowest BCUT2D eigenvalue weighted by molar-refractivity contribution is 0.0577. The van der Waals surface area contributed by atoms with E-state index in [0.717, 1.165) is 43.5 Å². The second-order valence-corrected chi connectivity index (χ2v) is 7.14. The van der Waals surface area contributed by atoms with Gasteiger partial charge in [0.15, 0.2) is 5.82 Å². The number of rotatable bonds is 2. The van der Waals surface area contributed by atoms with Gasteiger partial charge in [-0.1, -0.05) is 0 Å². The Kier molecular flexibility index (Phi) is 5.73. The lowest BCUT2D eigenvalue weighted by Crippen LogP contribution is -2.48. The van der Waals surface area contributed by atoms with E-state index in [0.29, 0.717) is 6.04 Å². The van der Waals surface area contributed by atoms with E-state index in [4.69, 9.17) is 5.10 Å². The van der Waals surface area contributed by atoms with Gasteiger partial charge in [-0.25, -0.2) is 4.98 Å². The number of nitrogens with one attached hydrogen (secondary N) is 1. The molecule has 8 heteroatoms. The number of aryl methyl sites for hydroxylation is 1. The van der Waals surface area contributed by atoms with Gasteiger partial charge in [0.25, 0.3) is 0 Å². The smallest absolute Gasteiger partial charge is 0.160 e. The Balaban J connectivity index is 0.000000911. The molecule has 0 saturated carbocycles. The van der Waals surface area contributed by atoms with Gasteiger partial charge in [0.05, 0.1) is 11.7 Å². The van der Waals surface area contributed by atoms with E-state index in [1.165, 1.54) is 38.2 Å². The number of nitrogens with zero attached hydrogens (tertiary/aromatic N) is 5. The van der Waals surface area contributed by atoms with Crippen molar-refractivity contribution in [3.8, 4) is 11.5 Å². The van der Waals surface area contributed by atoms with E-state index in [2.05, 4.69) is 36.7 Å². The van der Waals surface area contributed by atoms with E-state index >= 15 is 0 Å². The first-order chi connectivity index (χ1) is 11.4. The third-order valence-corrected chi connectivity index (χ3v) is 5.77. The minimum atomic E-state index is 0. The molecule has 3 saturated heterocycles. The number of aromatic nitrogens is 4. The molecule has 6 rings (SSSR count). The van der Waals surface area contributed by atoms with Crippen LogP contribution in [0.1, 0.15) is 31.0 Å². The normalized spacial score (nSPS) is 27.8. The lowest BCUT2D eigenvalue weighted by Gasteiger charge is -2.45. The van der Waals surface area contributed by atoms with Gasteiger partial charge < -0.3 is 14.8 Å². The summed E-state index contributed by atoms with van der Waals surface area (Å²) in [5.74, 6) is 1.85. The van der Waals surface area contributed by atoms with Crippen LogP contribution in [0.3, 0.4) is 0 Å². The highest BCUT2D eigenvalue weighted by Gasteiger charge is 2.36. The van der Waals surface area contributed by atoms with E-state index in [1.54, 1.807) is 0 Å². The van der Waals surface area contributed by atoms with Crippen molar-refractivity contribution >= 4 is 24.8 Å². The van der Waals surface area contributed by atoms with Crippen LogP contribution in [0.25, 0.3) is 11.5 Å². The summed E-state index contributed by atoms with van der Waals surface area (Å²) in [5.41, 5.74) is 2.31. The van der Waals surface area contributed by atoms with Gasteiger partial charge in [0, 0.05) is 32.0 Å². The fourth-order valence-corrected chi connectivity index (χ4v) is 4.50. The summed E-state index contributed by atoms with van der Waals surface area (Å²) in [7, 11) is 0. The average Bonchev–Trinajstić information content (AvgIpc) is 3.18. The minimum Gasteiger partial charge on any atom is -0.325 e. The Morgan fingerprint density at radius 3 is 2.72 bits per heavy atom. The Hall–Kier alpha value is -1.08. The topological polar surface area (TPSA) is 50.9 Å². The zero-order valence-corrected chi connectivity index (χ0v) is 15.9. The minimum absolute atomic E-state index is 0. The molecule has 0 aromatic carbocycles. The largest absolute Gasteiger partial charge is 0.325 e. The molecule has 0 spiro atoms. The van der Waals surface area contributed by atoms with Gasteiger partial charge in [0.2, 0.25) is 0 Å². The first kappa shape index (κ1) is 18.7. The SMILES string of the molecule is Cl.Cl.c1cn(C2CN3CCC2CC3)c(-c2cc3n(n2)CCCNC3)n1. The van der Waals surface area contributed by atoms with Crippen LogP contribution in [-0.4, -0.2) is 50.4 Å².